The number of nitriles is 1. The number of hydrogen-bond donors (Lipinski definition) is 1. The van der Waals surface area contributed by atoms with E-state index in [4.69, 9.17) is 15.1 Å². The van der Waals surface area contributed by atoms with Gasteiger partial charge in [0.25, 0.3) is 0 Å². The van der Waals surface area contributed by atoms with Crippen molar-refractivity contribution in [2.75, 3.05) is 6.61 Å². The number of hydrogen-bond acceptors (Lipinski definition) is 3. The molecule has 0 atom stereocenters. The van der Waals surface area contributed by atoms with Gasteiger partial charge in [-0.2, -0.15) is 5.26 Å². The van der Waals surface area contributed by atoms with Crippen LogP contribution in [-0.4, -0.2) is 11.7 Å². The fraction of sp³-hybridized carbons (Fsp3) is 0.462. The molecule has 1 N–H and O–H groups in total. The minimum Gasteiger partial charge on any atom is -0.494 e. The second kappa shape index (κ2) is 6.04. The summed E-state index contributed by atoms with van der Waals surface area (Å²) in [5.41, 5.74) is 0.428. The molecule has 0 spiro atoms. The summed E-state index contributed by atoms with van der Waals surface area (Å²) in [6, 6.07) is 7.71. The highest BCUT2D eigenvalue weighted by atomic mass is 79.9. The van der Waals surface area contributed by atoms with Crippen molar-refractivity contribution in [3.63, 3.8) is 0 Å². The van der Waals surface area contributed by atoms with Crippen LogP contribution in [0.1, 0.15) is 25.8 Å². The van der Waals surface area contributed by atoms with E-state index in [0.29, 0.717) is 18.8 Å². The average molecular weight is 298 g/mol. The Labute approximate surface area is 110 Å². The predicted molar refractivity (Wildman–Crippen MR) is 69.6 cm³/mol. The van der Waals surface area contributed by atoms with E-state index in [1.54, 1.807) is 6.07 Å². The molecule has 1 aromatic rings. The van der Waals surface area contributed by atoms with Crippen LogP contribution >= 0.6 is 15.9 Å². The molecule has 0 bridgehead atoms. The van der Waals surface area contributed by atoms with E-state index < -0.39 is 0 Å². The highest BCUT2D eigenvalue weighted by Crippen LogP contribution is 2.24. The van der Waals surface area contributed by atoms with E-state index in [-0.39, 0.29) is 12.0 Å². The normalized spacial score (nSPS) is 11.0. The maximum Gasteiger partial charge on any atom is 0.119 e. The lowest BCUT2D eigenvalue weighted by atomic mass is 9.92. The molecular weight excluding hydrogens is 282 g/mol. The van der Waals surface area contributed by atoms with Crippen LogP contribution in [0.3, 0.4) is 0 Å². The van der Waals surface area contributed by atoms with Crippen LogP contribution in [0.15, 0.2) is 22.7 Å². The maximum absolute atomic E-state index is 9.11. The zero-order chi connectivity index (χ0) is 12.9. The highest BCUT2D eigenvalue weighted by Gasteiger charge is 2.16. The third-order valence-electron chi connectivity index (χ3n) is 2.49. The third kappa shape index (κ3) is 4.37. The SMILES string of the molecule is CC(C)(C#N)CCOc1ccc(Br)c(CO)c1. The van der Waals surface area contributed by atoms with Crippen molar-refractivity contribution in [1.82, 2.24) is 0 Å². The van der Waals surface area contributed by atoms with Crippen molar-refractivity contribution in [1.29, 1.82) is 5.26 Å². The Morgan fingerprint density at radius 1 is 1.47 bits per heavy atom. The third-order valence-corrected chi connectivity index (χ3v) is 3.26. The van der Waals surface area contributed by atoms with Gasteiger partial charge in [0.05, 0.1) is 24.7 Å². The Bertz CT molecular complexity index is 424. The van der Waals surface area contributed by atoms with Crippen molar-refractivity contribution < 1.29 is 9.84 Å². The minimum atomic E-state index is -0.366. The number of benzene rings is 1. The Hall–Kier alpha value is -1.05. The van der Waals surface area contributed by atoms with Gasteiger partial charge < -0.3 is 9.84 Å². The zero-order valence-electron chi connectivity index (χ0n) is 10.0. The molecule has 0 unspecified atom stereocenters. The van der Waals surface area contributed by atoms with Gasteiger partial charge in [0, 0.05) is 4.47 Å². The number of halogens is 1. The van der Waals surface area contributed by atoms with Gasteiger partial charge in [0.1, 0.15) is 5.75 Å². The fourth-order valence-corrected chi connectivity index (χ4v) is 1.61. The van der Waals surface area contributed by atoms with Crippen molar-refractivity contribution in [3.8, 4) is 11.8 Å². The van der Waals surface area contributed by atoms with Gasteiger partial charge in [0.15, 0.2) is 0 Å². The van der Waals surface area contributed by atoms with Gasteiger partial charge in [-0.3, -0.25) is 0 Å². The number of aliphatic hydroxyl groups is 1. The van der Waals surface area contributed by atoms with Crippen LogP contribution in [0.5, 0.6) is 5.75 Å². The number of aliphatic hydroxyl groups excluding tert-OH is 1. The van der Waals surface area contributed by atoms with Gasteiger partial charge in [-0.25, -0.2) is 0 Å². The zero-order valence-corrected chi connectivity index (χ0v) is 11.6. The first kappa shape index (κ1) is 14.0. The summed E-state index contributed by atoms with van der Waals surface area (Å²) in [7, 11) is 0. The molecule has 0 amide bonds. The smallest absolute Gasteiger partial charge is 0.119 e. The standard InChI is InChI=1S/C13H16BrNO2/c1-13(2,9-15)5-6-17-11-3-4-12(14)10(7-11)8-16/h3-4,7,16H,5-6,8H2,1-2H3. The van der Waals surface area contributed by atoms with Gasteiger partial charge in [-0.05, 0) is 44.0 Å². The average Bonchev–Trinajstić information content (AvgIpc) is 2.31. The first-order valence-corrected chi connectivity index (χ1v) is 6.21. The van der Waals surface area contributed by atoms with Gasteiger partial charge in [-0.15, -0.1) is 0 Å². The molecule has 0 aliphatic rings. The minimum absolute atomic E-state index is 0.0263. The second-order valence-electron chi connectivity index (χ2n) is 4.51. The van der Waals surface area contributed by atoms with Gasteiger partial charge in [-0.1, -0.05) is 15.9 Å². The Morgan fingerprint density at radius 2 is 2.18 bits per heavy atom. The summed E-state index contributed by atoms with van der Waals surface area (Å²) in [4.78, 5) is 0. The molecule has 0 aliphatic carbocycles. The predicted octanol–water partition coefficient (Wildman–Crippen LogP) is 3.26. The molecule has 0 heterocycles. The monoisotopic (exact) mass is 297 g/mol. The first-order valence-electron chi connectivity index (χ1n) is 5.42. The number of nitrogens with zero attached hydrogens (tertiary/aromatic N) is 1. The highest BCUT2D eigenvalue weighted by molar-refractivity contribution is 9.10. The van der Waals surface area contributed by atoms with Crippen LogP contribution in [0, 0.1) is 16.7 Å². The van der Waals surface area contributed by atoms with Crippen molar-refractivity contribution in [3.05, 3.63) is 28.2 Å². The van der Waals surface area contributed by atoms with E-state index in [9.17, 15) is 0 Å². The largest absolute Gasteiger partial charge is 0.494 e. The molecular formula is C13H16BrNO2. The Balaban J connectivity index is 2.56. The molecule has 0 saturated carbocycles. The molecule has 4 heteroatoms. The topological polar surface area (TPSA) is 53.2 Å². The summed E-state index contributed by atoms with van der Waals surface area (Å²) in [5, 5.41) is 18.0. The van der Waals surface area contributed by atoms with Crippen molar-refractivity contribution >= 4 is 15.9 Å². The van der Waals surface area contributed by atoms with Gasteiger partial charge >= 0.3 is 0 Å². The summed E-state index contributed by atoms with van der Waals surface area (Å²) in [6.45, 7) is 4.24. The van der Waals surface area contributed by atoms with Crippen molar-refractivity contribution in [2.24, 2.45) is 5.41 Å². The lowest BCUT2D eigenvalue weighted by Crippen LogP contribution is -2.13. The molecule has 17 heavy (non-hydrogen) atoms. The first-order chi connectivity index (χ1) is 7.98. The molecule has 92 valence electrons. The lowest BCUT2D eigenvalue weighted by molar-refractivity contribution is 0.260. The quantitative estimate of drug-likeness (QED) is 0.907. The summed E-state index contributed by atoms with van der Waals surface area (Å²) < 4.78 is 6.42. The molecule has 0 radical (unpaired) electrons. The molecule has 0 aliphatic heterocycles. The summed E-state index contributed by atoms with van der Waals surface area (Å²) in [6.07, 6.45) is 0.675. The molecule has 3 nitrogen and oxygen atoms in total. The van der Waals surface area contributed by atoms with E-state index in [0.717, 1.165) is 10.0 Å². The van der Waals surface area contributed by atoms with Gasteiger partial charge in [0.2, 0.25) is 0 Å². The van der Waals surface area contributed by atoms with Crippen LogP contribution in [-0.2, 0) is 6.61 Å². The lowest BCUT2D eigenvalue weighted by Gasteiger charge is -2.15. The van der Waals surface area contributed by atoms with E-state index in [2.05, 4.69) is 22.0 Å². The van der Waals surface area contributed by atoms with Crippen LogP contribution < -0.4 is 4.74 Å². The Morgan fingerprint density at radius 3 is 2.76 bits per heavy atom. The second-order valence-corrected chi connectivity index (χ2v) is 5.36. The van der Waals surface area contributed by atoms with Crippen molar-refractivity contribution in [2.45, 2.75) is 26.9 Å². The van der Waals surface area contributed by atoms with E-state index >= 15 is 0 Å². The number of ether oxygens (including phenoxy) is 1. The maximum atomic E-state index is 9.11. The molecule has 1 rings (SSSR count). The van der Waals surface area contributed by atoms with Crippen LogP contribution in [0.4, 0.5) is 0 Å². The van der Waals surface area contributed by atoms with Crippen LogP contribution in [0.2, 0.25) is 0 Å². The molecule has 1 aromatic carbocycles. The van der Waals surface area contributed by atoms with E-state index in [1.165, 1.54) is 0 Å². The molecule has 0 fully saturated rings. The summed E-state index contributed by atoms with van der Waals surface area (Å²) in [5.74, 6) is 0.714. The Kier molecular flexibility index (Phi) is 4.98. The van der Waals surface area contributed by atoms with E-state index in [1.807, 2.05) is 26.0 Å². The molecule has 0 saturated heterocycles. The van der Waals surface area contributed by atoms with Crippen LogP contribution in [0.25, 0.3) is 0 Å². The molecule has 0 aromatic heterocycles. The number of rotatable bonds is 5. The summed E-state index contributed by atoms with van der Waals surface area (Å²) >= 11 is 3.34. The fourth-order valence-electron chi connectivity index (χ4n) is 1.24.